The second-order valence-corrected chi connectivity index (χ2v) is 10.9. The number of nitrogens with one attached hydrogen (secondary N) is 1. The van der Waals surface area contributed by atoms with E-state index >= 15 is 0 Å². The number of amides is 1. The molecule has 42 heavy (non-hydrogen) atoms. The number of aromatic nitrogens is 2. The predicted molar refractivity (Wildman–Crippen MR) is 157 cm³/mol. The molecule has 0 radical (unpaired) electrons. The van der Waals surface area contributed by atoms with Crippen LogP contribution in [0.2, 0.25) is 0 Å². The summed E-state index contributed by atoms with van der Waals surface area (Å²) in [4.78, 5) is 27.7. The number of ether oxygens (including phenoxy) is 4. The molecular weight excluding hydrogens is 541 g/mol. The van der Waals surface area contributed by atoms with Crippen molar-refractivity contribution in [2.45, 2.75) is 45.4 Å². The first-order valence-electron chi connectivity index (χ1n) is 14.4. The Morgan fingerprint density at radius 1 is 1.21 bits per heavy atom. The third-order valence-electron chi connectivity index (χ3n) is 7.92. The Bertz CT molecular complexity index is 1410. The number of fused-ring (bicyclic) bond motifs is 1. The van der Waals surface area contributed by atoms with Crippen molar-refractivity contribution >= 4 is 23.0 Å². The van der Waals surface area contributed by atoms with Gasteiger partial charge in [-0.1, -0.05) is 12.7 Å². The predicted octanol–water partition coefficient (Wildman–Crippen LogP) is 4.87. The number of piperidine rings is 1. The van der Waals surface area contributed by atoms with Crippen LogP contribution in [0.15, 0.2) is 59.0 Å². The van der Waals surface area contributed by atoms with Gasteiger partial charge in [-0.05, 0) is 38.7 Å². The lowest BCUT2D eigenvalue weighted by Crippen LogP contribution is -2.52. The van der Waals surface area contributed by atoms with Crippen LogP contribution in [0.4, 0.5) is 4.39 Å². The Morgan fingerprint density at radius 3 is 2.74 bits per heavy atom. The number of nitrogens with zero attached hydrogens (tertiary/aromatic N) is 4. The van der Waals surface area contributed by atoms with Gasteiger partial charge in [-0.3, -0.25) is 4.79 Å². The zero-order chi connectivity index (χ0) is 29.5. The van der Waals surface area contributed by atoms with Gasteiger partial charge in [0.1, 0.15) is 18.0 Å². The molecule has 1 N–H and O–H groups in total. The zero-order valence-corrected chi connectivity index (χ0v) is 24.3. The van der Waals surface area contributed by atoms with Crippen LogP contribution in [0.25, 0.3) is 10.9 Å². The molecular formula is C31H38FN5O5. The normalized spacial score (nSPS) is 18.1. The summed E-state index contributed by atoms with van der Waals surface area (Å²) in [7, 11) is 1.57. The number of hydrogen-bond acceptors (Lipinski definition) is 9. The number of rotatable bonds is 12. The molecule has 2 fully saturated rings. The summed E-state index contributed by atoms with van der Waals surface area (Å²) < 4.78 is 36.6. The van der Waals surface area contributed by atoms with Gasteiger partial charge in [-0.2, -0.15) is 0 Å². The van der Waals surface area contributed by atoms with Crippen LogP contribution < -0.4 is 19.5 Å². The Morgan fingerprint density at radius 2 is 2.02 bits per heavy atom. The second-order valence-electron chi connectivity index (χ2n) is 10.9. The van der Waals surface area contributed by atoms with Crippen LogP contribution >= 0.6 is 0 Å². The molecule has 1 aromatic carbocycles. The van der Waals surface area contributed by atoms with E-state index in [4.69, 9.17) is 18.9 Å². The summed E-state index contributed by atoms with van der Waals surface area (Å²) in [5.74, 6) is 1.61. The SMILES string of the molecule is C=C(F)C1=C(/N=C\CCOc2ncnc3cc(OCCCC(=O)N4CCC5(CC4)COC5)c(OC)cc23)NC(C)=CC1. The number of allylic oxidation sites excluding steroid dienone is 4. The van der Waals surface area contributed by atoms with Crippen molar-refractivity contribution in [2.24, 2.45) is 10.4 Å². The van der Waals surface area contributed by atoms with Crippen LogP contribution in [-0.2, 0) is 9.53 Å². The minimum absolute atomic E-state index is 0.172. The maximum Gasteiger partial charge on any atom is 0.224 e. The van der Waals surface area contributed by atoms with E-state index in [0.717, 1.165) is 44.8 Å². The van der Waals surface area contributed by atoms with Crippen LogP contribution in [0, 0.1) is 5.41 Å². The van der Waals surface area contributed by atoms with E-state index in [9.17, 15) is 9.18 Å². The van der Waals surface area contributed by atoms with Crippen LogP contribution in [0.5, 0.6) is 17.4 Å². The van der Waals surface area contributed by atoms with Crippen molar-refractivity contribution in [1.29, 1.82) is 0 Å². The average molecular weight is 580 g/mol. The number of halogens is 1. The molecule has 4 heterocycles. The maximum absolute atomic E-state index is 13.8. The molecule has 0 atom stereocenters. The molecule has 3 aliphatic heterocycles. The highest BCUT2D eigenvalue weighted by molar-refractivity contribution is 5.86. The van der Waals surface area contributed by atoms with E-state index in [2.05, 4.69) is 26.9 Å². The molecule has 1 spiro atoms. The number of carbonyl (C=O) groups is 1. The Balaban J connectivity index is 1.12. The second kappa shape index (κ2) is 13.3. The van der Waals surface area contributed by atoms with Gasteiger partial charge in [0.05, 0.1) is 44.4 Å². The maximum atomic E-state index is 13.8. The third-order valence-corrected chi connectivity index (χ3v) is 7.92. The first kappa shape index (κ1) is 29.5. The highest BCUT2D eigenvalue weighted by Crippen LogP contribution is 2.38. The summed E-state index contributed by atoms with van der Waals surface area (Å²) in [6, 6.07) is 3.58. The van der Waals surface area contributed by atoms with Gasteiger partial charge in [0.2, 0.25) is 11.8 Å². The van der Waals surface area contributed by atoms with E-state index in [1.807, 2.05) is 17.9 Å². The van der Waals surface area contributed by atoms with Gasteiger partial charge >= 0.3 is 0 Å². The fraction of sp³-hybridized carbons (Fsp3) is 0.484. The van der Waals surface area contributed by atoms with E-state index < -0.39 is 5.83 Å². The molecule has 1 amide bonds. The van der Waals surface area contributed by atoms with Crippen molar-refractivity contribution in [3.05, 3.63) is 54.0 Å². The van der Waals surface area contributed by atoms with Crippen molar-refractivity contribution in [3.8, 4) is 17.4 Å². The topological polar surface area (TPSA) is 107 Å². The van der Waals surface area contributed by atoms with Gasteiger partial charge < -0.3 is 29.2 Å². The van der Waals surface area contributed by atoms with Crippen molar-refractivity contribution in [2.75, 3.05) is 46.6 Å². The fourth-order valence-corrected chi connectivity index (χ4v) is 5.28. The molecule has 3 aliphatic rings. The quantitative estimate of drug-likeness (QED) is 0.281. The molecule has 5 rings (SSSR count). The smallest absolute Gasteiger partial charge is 0.224 e. The Hall–Kier alpha value is -3.99. The molecule has 224 valence electrons. The number of benzene rings is 1. The van der Waals surface area contributed by atoms with Crippen LogP contribution in [-0.4, -0.2) is 73.6 Å². The van der Waals surface area contributed by atoms with E-state index in [1.54, 1.807) is 25.5 Å². The first-order chi connectivity index (χ1) is 20.4. The lowest BCUT2D eigenvalue weighted by atomic mass is 9.77. The van der Waals surface area contributed by atoms with E-state index in [0.29, 0.717) is 84.0 Å². The van der Waals surface area contributed by atoms with Crippen LogP contribution in [0.3, 0.4) is 0 Å². The lowest BCUT2D eigenvalue weighted by Gasteiger charge is -2.47. The Labute approximate surface area is 245 Å². The molecule has 1 aromatic heterocycles. The summed E-state index contributed by atoms with van der Waals surface area (Å²) in [5, 5.41) is 3.76. The zero-order valence-electron chi connectivity index (χ0n) is 24.3. The van der Waals surface area contributed by atoms with Crippen LogP contribution in [0.1, 0.15) is 45.4 Å². The summed E-state index contributed by atoms with van der Waals surface area (Å²) in [6.07, 6.45) is 9.03. The fourth-order valence-electron chi connectivity index (χ4n) is 5.28. The van der Waals surface area contributed by atoms with Gasteiger partial charge in [0, 0.05) is 54.9 Å². The Kier molecular flexibility index (Phi) is 9.36. The highest BCUT2D eigenvalue weighted by Gasteiger charge is 2.41. The highest BCUT2D eigenvalue weighted by atomic mass is 19.1. The number of hydrogen-bond donors (Lipinski definition) is 1. The number of dihydropyridines is 1. The molecule has 10 nitrogen and oxygen atoms in total. The first-order valence-corrected chi connectivity index (χ1v) is 14.4. The summed E-state index contributed by atoms with van der Waals surface area (Å²) >= 11 is 0. The van der Waals surface area contributed by atoms with Gasteiger partial charge in [0.25, 0.3) is 0 Å². The molecule has 2 saturated heterocycles. The summed E-state index contributed by atoms with van der Waals surface area (Å²) in [5.41, 5.74) is 2.31. The standard InChI is InChI=1S/C31H38FN5O5/c1-21-7-8-23(22(2)32)29(36-21)33-11-5-15-42-30-24-16-26(39-3)27(17-25(24)34-20-35-30)41-14-4-6-28(38)37-12-9-31(10-13-37)18-40-19-31/h7,11,16-17,20,36H,2,4-6,8-10,12-15,18-19H2,1,3H3/b33-11-. The molecule has 0 unspecified atom stereocenters. The molecule has 0 bridgehead atoms. The van der Waals surface area contributed by atoms with Crippen molar-refractivity contribution in [1.82, 2.24) is 20.2 Å². The van der Waals surface area contributed by atoms with E-state index in [1.165, 1.54) is 6.33 Å². The molecule has 11 heteroatoms. The number of carbonyl (C=O) groups excluding carboxylic acids is 1. The average Bonchev–Trinajstić information content (AvgIpc) is 2.97. The van der Waals surface area contributed by atoms with Crippen molar-refractivity contribution < 1.29 is 28.1 Å². The molecule has 0 saturated carbocycles. The number of aliphatic imine (C=N–C) groups is 1. The minimum atomic E-state index is -0.497. The number of methoxy groups -OCH3 is 1. The largest absolute Gasteiger partial charge is 0.493 e. The molecule has 0 aliphatic carbocycles. The minimum Gasteiger partial charge on any atom is -0.493 e. The number of likely N-dealkylation sites (tertiary alicyclic amines) is 1. The van der Waals surface area contributed by atoms with Crippen molar-refractivity contribution in [3.63, 3.8) is 0 Å². The lowest BCUT2D eigenvalue weighted by molar-refractivity contribution is -0.153. The monoisotopic (exact) mass is 579 g/mol. The summed E-state index contributed by atoms with van der Waals surface area (Å²) in [6.45, 7) is 9.27. The van der Waals surface area contributed by atoms with E-state index in [-0.39, 0.29) is 5.91 Å². The van der Waals surface area contributed by atoms with Gasteiger partial charge in [-0.25, -0.2) is 19.4 Å². The molecule has 2 aromatic rings. The van der Waals surface area contributed by atoms with Gasteiger partial charge in [-0.15, -0.1) is 0 Å². The van der Waals surface area contributed by atoms with Gasteiger partial charge in [0.15, 0.2) is 11.5 Å². The third kappa shape index (κ3) is 6.89.